The van der Waals surface area contributed by atoms with Crippen molar-refractivity contribution in [2.75, 3.05) is 11.8 Å². The van der Waals surface area contributed by atoms with Gasteiger partial charge in [0.25, 0.3) is 5.56 Å². The van der Waals surface area contributed by atoms with Gasteiger partial charge in [-0.05, 0) is 30.2 Å². The summed E-state index contributed by atoms with van der Waals surface area (Å²) in [6.07, 6.45) is 2.52. The van der Waals surface area contributed by atoms with E-state index in [9.17, 15) is 9.59 Å². The summed E-state index contributed by atoms with van der Waals surface area (Å²) in [4.78, 5) is 24.3. The van der Waals surface area contributed by atoms with E-state index >= 15 is 0 Å². The molecule has 7 heteroatoms. The van der Waals surface area contributed by atoms with Crippen LogP contribution in [0.1, 0.15) is 21.5 Å². The molecule has 112 valence electrons. The summed E-state index contributed by atoms with van der Waals surface area (Å²) < 4.78 is 1.18. The zero-order chi connectivity index (χ0) is 15.5. The number of hydrogen-bond acceptors (Lipinski definition) is 5. The third-order valence-corrected chi connectivity index (χ3v) is 3.87. The second-order valence-corrected chi connectivity index (χ2v) is 5.32. The van der Waals surface area contributed by atoms with Crippen molar-refractivity contribution >= 4 is 19.5 Å². The van der Waals surface area contributed by atoms with E-state index in [1.165, 1.54) is 22.5 Å². The van der Waals surface area contributed by atoms with Crippen LogP contribution in [0, 0.1) is 0 Å². The Morgan fingerprint density at radius 3 is 3.00 bits per heavy atom. The molecule has 0 fully saturated rings. The molecule has 2 heterocycles. The molecule has 1 aromatic heterocycles. The number of benzene rings is 1. The van der Waals surface area contributed by atoms with Crippen LogP contribution in [0.15, 0.2) is 35.3 Å². The molecule has 6 nitrogen and oxygen atoms in total. The number of hydrogen-bond donors (Lipinski definition) is 2. The third kappa shape index (κ3) is 2.94. The van der Waals surface area contributed by atoms with Gasteiger partial charge in [0.1, 0.15) is 6.54 Å². The molecule has 2 N–H and O–H groups in total. The molecule has 22 heavy (non-hydrogen) atoms. The van der Waals surface area contributed by atoms with Crippen molar-refractivity contribution < 1.29 is 4.79 Å². The number of anilines is 1. The average molecular weight is 296 g/mol. The number of ketones is 1. The summed E-state index contributed by atoms with van der Waals surface area (Å²) in [5, 5.41) is 10.1. The molecule has 0 bridgehead atoms. The van der Waals surface area contributed by atoms with Crippen molar-refractivity contribution in [2.24, 2.45) is 0 Å². The molecule has 1 aliphatic rings. The molecule has 0 spiro atoms. The lowest BCUT2D eigenvalue weighted by atomic mass is 9.97. The third-order valence-electron chi connectivity index (χ3n) is 3.87. The fraction of sp³-hybridized carbons (Fsp3) is 0.267. The number of aromatic nitrogens is 2. The van der Waals surface area contributed by atoms with E-state index in [2.05, 4.69) is 15.6 Å². The van der Waals surface area contributed by atoms with E-state index < -0.39 is 0 Å². The highest BCUT2D eigenvalue weighted by Gasteiger charge is 2.13. The monoisotopic (exact) mass is 296 g/mol. The predicted molar refractivity (Wildman–Crippen MR) is 86.8 cm³/mol. The van der Waals surface area contributed by atoms with Gasteiger partial charge in [-0.1, -0.05) is 12.1 Å². The molecular formula is C15H17BN4O2. The largest absolute Gasteiger partial charge is 0.433 e. The maximum atomic E-state index is 12.4. The van der Waals surface area contributed by atoms with Gasteiger partial charge < -0.3 is 10.5 Å². The van der Waals surface area contributed by atoms with Gasteiger partial charge in [-0.15, -0.1) is 0 Å². The summed E-state index contributed by atoms with van der Waals surface area (Å²) in [5.74, 6) is -0.111. The molecule has 3 rings (SSSR count). The summed E-state index contributed by atoms with van der Waals surface area (Å²) >= 11 is 0. The first kappa shape index (κ1) is 14.5. The second-order valence-electron chi connectivity index (χ2n) is 5.32. The maximum absolute atomic E-state index is 12.4. The number of nitrogens with one attached hydrogen (secondary N) is 2. The van der Waals surface area contributed by atoms with E-state index in [1.54, 1.807) is 7.98 Å². The molecule has 1 aliphatic heterocycles. The van der Waals surface area contributed by atoms with Crippen LogP contribution in [-0.4, -0.2) is 30.1 Å². The number of carbonyl (C=O) groups is 1. The van der Waals surface area contributed by atoms with E-state index in [0.29, 0.717) is 11.3 Å². The Morgan fingerprint density at radius 2 is 2.23 bits per heavy atom. The van der Waals surface area contributed by atoms with E-state index in [4.69, 9.17) is 0 Å². The molecule has 0 amide bonds. The molecule has 2 aromatic rings. The Hall–Kier alpha value is -2.41. The lowest BCUT2D eigenvalue weighted by Crippen LogP contribution is -2.27. The summed E-state index contributed by atoms with van der Waals surface area (Å²) in [6.45, 7) is 1.71. The fourth-order valence-electron chi connectivity index (χ4n) is 2.57. The predicted octanol–water partition coefficient (Wildman–Crippen LogP) is -0.268. The standard InChI is InChI=1S/C15H17BN4O2/c16-19-13-6-15(22)20(18-8-13)9-14(21)11-2-1-10-3-4-17-7-12(10)5-11/h1-2,5-6,8,17,19H,3-4,7,9,16H2. The summed E-state index contributed by atoms with van der Waals surface area (Å²) in [5.41, 5.74) is 3.40. The van der Waals surface area contributed by atoms with E-state index in [-0.39, 0.29) is 17.9 Å². The van der Waals surface area contributed by atoms with Crippen LogP contribution < -0.4 is 16.1 Å². The average Bonchev–Trinajstić information content (AvgIpc) is 2.56. The molecule has 0 aliphatic carbocycles. The first-order valence-corrected chi connectivity index (χ1v) is 7.28. The van der Waals surface area contributed by atoms with Crippen molar-refractivity contribution in [3.8, 4) is 0 Å². The van der Waals surface area contributed by atoms with Crippen LogP contribution in [0.5, 0.6) is 0 Å². The van der Waals surface area contributed by atoms with E-state index in [0.717, 1.165) is 25.1 Å². The minimum Gasteiger partial charge on any atom is -0.433 e. The molecule has 0 radical (unpaired) electrons. The molecule has 0 unspecified atom stereocenters. The quantitative estimate of drug-likeness (QED) is 0.600. The normalized spacial score (nSPS) is 13.5. The van der Waals surface area contributed by atoms with Crippen molar-refractivity contribution in [2.45, 2.75) is 19.5 Å². The van der Waals surface area contributed by atoms with Gasteiger partial charge in [0, 0.05) is 23.9 Å². The van der Waals surface area contributed by atoms with Crippen LogP contribution >= 0.6 is 0 Å². The molecule has 0 atom stereocenters. The van der Waals surface area contributed by atoms with Crippen molar-refractivity contribution in [1.29, 1.82) is 0 Å². The topological polar surface area (TPSA) is 76.0 Å². The van der Waals surface area contributed by atoms with Gasteiger partial charge in [-0.3, -0.25) is 9.59 Å². The van der Waals surface area contributed by atoms with Gasteiger partial charge in [0.2, 0.25) is 7.98 Å². The van der Waals surface area contributed by atoms with Crippen molar-refractivity contribution in [3.63, 3.8) is 0 Å². The molecule has 1 aromatic carbocycles. The van der Waals surface area contributed by atoms with Crippen molar-refractivity contribution in [1.82, 2.24) is 15.1 Å². The molecule has 0 saturated carbocycles. The van der Waals surface area contributed by atoms with E-state index in [1.807, 2.05) is 18.2 Å². The minimum atomic E-state index is -0.292. The lowest BCUT2D eigenvalue weighted by molar-refractivity contribution is 0.0965. The Labute approximate surface area is 129 Å². The van der Waals surface area contributed by atoms with Crippen molar-refractivity contribution in [3.05, 3.63) is 57.5 Å². The van der Waals surface area contributed by atoms with Gasteiger partial charge in [-0.25, -0.2) is 4.68 Å². The van der Waals surface area contributed by atoms with Gasteiger partial charge in [-0.2, -0.15) is 5.10 Å². The molecule has 0 saturated heterocycles. The number of Topliss-reactive ketones (excluding diaryl/α,β-unsaturated/α-hetero) is 1. The van der Waals surface area contributed by atoms with Gasteiger partial charge >= 0.3 is 0 Å². The number of fused-ring (bicyclic) bond motifs is 1. The molecular weight excluding hydrogens is 279 g/mol. The minimum absolute atomic E-state index is 0.0466. The highest BCUT2D eigenvalue weighted by atomic mass is 16.1. The first-order chi connectivity index (χ1) is 10.7. The number of nitrogens with zero attached hydrogens (tertiary/aromatic N) is 2. The summed E-state index contributed by atoms with van der Waals surface area (Å²) in [6, 6.07) is 7.18. The SMILES string of the molecule is BNc1cnn(CC(=O)c2ccc3c(c2)CNCC3)c(=O)c1. The van der Waals surface area contributed by atoms with Crippen LogP contribution in [0.2, 0.25) is 0 Å². The van der Waals surface area contributed by atoms with Crippen LogP contribution in [0.4, 0.5) is 5.69 Å². The fourth-order valence-corrected chi connectivity index (χ4v) is 2.57. The zero-order valence-electron chi connectivity index (χ0n) is 12.4. The highest BCUT2D eigenvalue weighted by Crippen LogP contribution is 2.16. The van der Waals surface area contributed by atoms with Gasteiger partial charge in [0.05, 0.1) is 6.20 Å². The smallest absolute Gasteiger partial charge is 0.269 e. The maximum Gasteiger partial charge on any atom is 0.269 e. The second kappa shape index (κ2) is 6.15. The van der Waals surface area contributed by atoms with Gasteiger partial charge in [0.15, 0.2) is 5.78 Å². The number of rotatable bonds is 4. The number of carbonyl (C=O) groups excluding carboxylic acids is 1. The van der Waals surface area contributed by atoms with Crippen LogP contribution in [-0.2, 0) is 19.5 Å². The van der Waals surface area contributed by atoms with Crippen LogP contribution in [0.25, 0.3) is 0 Å². The Balaban J connectivity index is 1.81. The Kier molecular flexibility index (Phi) is 4.06. The first-order valence-electron chi connectivity index (χ1n) is 7.28. The lowest BCUT2D eigenvalue weighted by Gasteiger charge is -2.17. The Morgan fingerprint density at radius 1 is 1.36 bits per heavy atom. The van der Waals surface area contributed by atoms with Crippen LogP contribution in [0.3, 0.4) is 0 Å². The zero-order valence-corrected chi connectivity index (χ0v) is 12.4. The Bertz CT molecular complexity index is 772. The summed E-state index contributed by atoms with van der Waals surface area (Å²) in [7, 11) is 1.72. The highest BCUT2D eigenvalue weighted by molar-refractivity contribution is 6.15.